The molecule has 0 bridgehead atoms. The Labute approximate surface area is 80.8 Å². The lowest BCUT2D eigenvalue weighted by molar-refractivity contribution is -0.385. The number of aliphatic hydroxyl groups excluding tert-OH is 2. The van der Waals surface area contributed by atoms with Crippen LogP contribution in [0.15, 0.2) is 18.2 Å². The Balaban J connectivity index is 3.10. The third kappa shape index (κ3) is 2.27. The molecule has 5 nitrogen and oxygen atoms in total. The predicted octanol–water partition coefficient (Wildman–Crippen LogP) is 0.622. The molecule has 0 aliphatic carbocycles. The summed E-state index contributed by atoms with van der Waals surface area (Å²) < 4.78 is 0. The molecule has 0 saturated heterocycles. The van der Waals surface area contributed by atoms with Crippen molar-refractivity contribution in [3.63, 3.8) is 0 Å². The van der Waals surface area contributed by atoms with Gasteiger partial charge < -0.3 is 10.2 Å². The maximum Gasteiger partial charge on any atom is 0.272 e. The highest BCUT2D eigenvalue weighted by atomic mass is 16.6. The molecule has 2 N–H and O–H groups in total. The fraction of sp³-hybridized carbons (Fsp3) is 0.333. The molecule has 0 saturated carbocycles. The Morgan fingerprint density at radius 1 is 1.36 bits per heavy atom. The van der Waals surface area contributed by atoms with Gasteiger partial charge in [0.2, 0.25) is 0 Å². The van der Waals surface area contributed by atoms with Crippen molar-refractivity contribution in [1.82, 2.24) is 0 Å². The van der Waals surface area contributed by atoms with Gasteiger partial charge in [-0.3, -0.25) is 10.1 Å². The fourth-order valence-corrected chi connectivity index (χ4v) is 1.24. The average Bonchev–Trinajstić information content (AvgIpc) is 2.17. The molecule has 0 radical (unpaired) electrons. The number of aliphatic hydroxyl groups is 2. The first kappa shape index (κ1) is 10.6. The van der Waals surface area contributed by atoms with Crippen LogP contribution in [-0.4, -0.2) is 21.7 Å². The zero-order chi connectivity index (χ0) is 10.6. The molecule has 0 spiro atoms. The summed E-state index contributed by atoms with van der Waals surface area (Å²) in [6.07, 6.45) is 0.226. The van der Waals surface area contributed by atoms with E-state index in [1.807, 2.05) is 0 Å². The lowest BCUT2D eigenvalue weighted by atomic mass is 10.1. The largest absolute Gasteiger partial charge is 0.396 e. The van der Waals surface area contributed by atoms with Crippen LogP contribution in [0.5, 0.6) is 0 Å². The summed E-state index contributed by atoms with van der Waals surface area (Å²) in [5.41, 5.74) is 1.04. The number of hydrogen-bond donors (Lipinski definition) is 2. The molecule has 1 aromatic carbocycles. The van der Waals surface area contributed by atoms with Gasteiger partial charge in [0.05, 0.1) is 11.5 Å². The van der Waals surface area contributed by atoms with Gasteiger partial charge in [0.1, 0.15) is 0 Å². The molecule has 0 heterocycles. The van der Waals surface area contributed by atoms with Crippen molar-refractivity contribution in [3.05, 3.63) is 39.4 Å². The van der Waals surface area contributed by atoms with Gasteiger partial charge in [0, 0.05) is 24.7 Å². The van der Waals surface area contributed by atoms with E-state index in [0.717, 1.165) is 0 Å². The second-order valence-corrected chi connectivity index (χ2v) is 2.85. The van der Waals surface area contributed by atoms with E-state index in [2.05, 4.69) is 0 Å². The summed E-state index contributed by atoms with van der Waals surface area (Å²) in [6, 6.07) is 4.38. The minimum absolute atomic E-state index is 0.0174. The van der Waals surface area contributed by atoms with E-state index in [-0.39, 0.29) is 25.3 Å². The molecule has 1 aromatic rings. The summed E-state index contributed by atoms with van der Waals surface area (Å²) in [7, 11) is 0. The van der Waals surface area contributed by atoms with E-state index < -0.39 is 4.92 Å². The molecule has 0 atom stereocenters. The van der Waals surface area contributed by atoms with Crippen LogP contribution in [0.4, 0.5) is 5.69 Å². The van der Waals surface area contributed by atoms with Crippen LogP contribution in [0.1, 0.15) is 11.1 Å². The van der Waals surface area contributed by atoms with Crippen molar-refractivity contribution < 1.29 is 15.1 Å². The first-order valence-corrected chi connectivity index (χ1v) is 4.17. The predicted molar refractivity (Wildman–Crippen MR) is 49.8 cm³/mol. The third-order valence-electron chi connectivity index (χ3n) is 1.90. The van der Waals surface area contributed by atoms with Crippen LogP contribution in [0.2, 0.25) is 0 Å². The van der Waals surface area contributed by atoms with E-state index in [1.165, 1.54) is 18.2 Å². The first-order chi connectivity index (χ1) is 6.69. The van der Waals surface area contributed by atoms with Crippen LogP contribution in [0.25, 0.3) is 0 Å². The monoisotopic (exact) mass is 197 g/mol. The normalized spacial score (nSPS) is 10.1. The topological polar surface area (TPSA) is 83.6 Å². The molecule has 0 unspecified atom stereocenters. The van der Waals surface area contributed by atoms with Crippen molar-refractivity contribution in [3.8, 4) is 0 Å². The highest BCUT2D eigenvalue weighted by molar-refractivity contribution is 5.42. The Kier molecular flexibility index (Phi) is 3.55. The number of rotatable bonds is 4. The molecule has 14 heavy (non-hydrogen) atoms. The van der Waals surface area contributed by atoms with Gasteiger partial charge in [-0.25, -0.2) is 0 Å². The summed E-state index contributed by atoms with van der Waals surface area (Å²) >= 11 is 0. The van der Waals surface area contributed by atoms with Crippen LogP contribution in [-0.2, 0) is 13.0 Å². The quantitative estimate of drug-likeness (QED) is 0.547. The van der Waals surface area contributed by atoms with E-state index in [1.54, 1.807) is 0 Å². The van der Waals surface area contributed by atoms with E-state index in [9.17, 15) is 10.1 Å². The molecule has 0 fully saturated rings. The van der Waals surface area contributed by atoms with Gasteiger partial charge in [-0.2, -0.15) is 0 Å². The van der Waals surface area contributed by atoms with Crippen molar-refractivity contribution in [2.24, 2.45) is 0 Å². The molecule has 76 valence electrons. The molecule has 0 aromatic heterocycles. The number of hydrogen-bond acceptors (Lipinski definition) is 4. The van der Waals surface area contributed by atoms with Gasteiger partial charge in [0.25, 0.3) is 5.69 Å². The van der Waals surface area contributed by atoms with Gasteiger partial charge in [-0.1, -0.05) is 0 Å². The minimum atomic E-state index is -0.494. The Bertz CT molecular complexity index is 338. The standard InChI is InChI=1S/C9H11NO4/c11-4-3-8-5-7(6-12)1-2-9(8)10(13)14/h1-2,5,11-12H,3-4,6H2. The highest BCUT2D eigenvalue weighted by Gasteiger charge is 2.12. The maximum absolute atomic E-state index is 10.6. The molecular formula is C9H11NO4. The molecule has 0 aliphatic heterocycles. The highest BCUT2D eigenvalue weighted by Crippen LogP contribution is 2.20. The molecule has 1 rings (SSSR count). The van der Waals surface area contributed by atoms with Gasteiger partial charge in [-0.05, 0) is 17.7 Å². The third-order valence-corrected chi connectivity index (χ3v) is 1.90. The maximum atomic E-state index is 10.6. The van der Waals surface area contributed by atoms with Crippen LogP contribution < -0.4 is 0 Å². The summed E-state index contributed by atoms with van der Waals surface area (Å²) in [4.78, 5) is 10.1. The van der Waals surface area contributed by atoms with Crippen LogP contribution in [0.3, 0.4) is 0 Å². The summed E-state index contributed by atoms with van der Waals surface area (Å²) in [6.45, 7) is -0.299. The first-order valence-electron chi connectivity index (χ1n) is 4.17. The lowest BCUT2D eigenvalue weighted by Crippen LogP contribution is -1.99. The minimum Gasteiger partial charge on any atom is -0.396 e. The van der Waals surface area contributed by atoms with Crippen molar-refractivity contribution in [2.75, 3.05) is 6.61 Å². The van der Waals surface area contributed by atoms with Gasteiger partial charge in [-0.15, -0.1) is 0 Å². The molecule has 5 heteroatoms. The van der Waals surface area contributed by atoms with E-state index >= 15 is 0 Å². The SMILES string of the molecule is O=[N+]([O-])c1ccc(CO)cc1CCO. The van der Waals surface area contributed by atoms with Gasteiger partial charge in [0.15, 0.2) is 0 Å². The Morgan fingerprint density at radius 2 is 2.07 bits per heavy atom. The number of nitro benzene ring substituents is 1. The smallest absolute Gasteiger partial charge is 0.272 e. The average molecular weight is 197 g/mol. The van der Waals surface area contributed by atoms with Gasteiger partial charge >= 0.3 is 0 Å². The Hall–Kier alpha value is -1.46. The molecule has 0 aliphatic rings. The molecular weight excluding hydrogens is 186 g/mol. The van der Waals surface area contributed by atoms with Crippen molar-refractivity contribution >= 4 is 5.69 Å². The zero-order valence-electron chi connectivity index (χ0n) is 7.51. The summed E-state index contributed by atoms with van der Waals surface area (Å²) in [5.74, 6) is 0. The van der Waals surface area contributed by atoms with Crippen molar-refractivity contribution in [2.45, 2.75) is 13.0 Å². The van der Waals surface area contributed by atoms with Crippen molar-refractivity contribution in [1.29, 1.82) is 0 Å². The zero-order valence-corrected chi connectivity index (χ0v) is 7.51. The fourth-order valence-electron chi connectivity index (χ4n) is 1.24. The second-order valence-electron chi connectivity index (χ2n) is 2.85. The van der Waals surface area contributed by atoms with E-state index in [0.29, 0.717) is 11.1 Å². The lowest BCUT2D eigenvalue weighted by Gasteiger charge is -2.02. The van der Waals surface area contributed by atoms with Crippen LogP contribution >= 0.6 is 0 Å². The number of nitro groups is 1. The second kappa shape index (κ2) is 4.69. The number of nitrogens with zero attached hydrogens (tertiary/aromatic N) is 1. The Morgan fingerprint density at radius 3 is 2.57 bits per heavy atom. The summed E-state index contributed by atoms with van der Waals surface area (Å²) in [5, 5.41) is 28.1. The van der Waals surface area contributed by atoms with E-state index in [4.69, 9.17) is 10.2 Å². The number of benzene rings is 1. The van der Waals surface area contributed by atoms with Crippen LogP contribution in [0, 0.1) is 10.1 Å². The molecule has 0 amide bonds.